The Labute approximate surface area is 123 Å². The van der Waals surface area contributed by atoms with Gasteiger partial charge in [-0.05, 0) is 50.2 Å². The lowest BCUT2D eigenvalue weighted by Crippen LogP contribution is -2.32. The molecule has 1 saturated heterocycles. The summed E-state index contributed by atoms with van der Waals surface area (Å²) in [4.78, 5) is 18.9. The van der Waals surface area contributed by atoms with Crippen molar-refractivity contribution in [2.75, 3.05) is 32.8 Å². The van der Waals surface area contributed by atoms with Crippen LogP contribution in [0.25, 0.3) is 0 Å². The molecule has 5 nitrogen and oxygen atoms in total. The Morgan fingerprint density at radius 3 is 2.65 bits per heavy atom. The molecule has 2 rings (SSSR count). The zero-order valence-electron chi connectivity index (χ0n) is 11.3. The van der Waals surface area contributed by atoms with Crippen LogP contribution in [0.1, 0.15) is 12.8 Å². The number of carbonyl (C=O) groups is 1. The van der Waals surface area contributed by atoms with Gasteiger partial charge in [-0.3, -0.25) is 9.63 Å². The lowest BCUT2D eigenvalue weighted by molar-refractivity contribution is -0.135. The van der Waals surface area contributed by atoms with Crippen LogP contribution in [0.3, 0.4) is 0 Å². The number of hydrogen-bond donors (Lipinski definition) is 1. The fourth-order valence-electron chi connectivity index (χ4n) is 2.02. The van der Waals surface area contributed by atoms with Crippen molar-refractivity contribution >= 4 is 17.5 Å². The monoisotopic (exact) mass is 298 g/mol. The summed E-state index contributed by atoms with van der Waals surface area (Å²) in [7, 11) is 0. The number of likely N-dealkylation sites (tertiary alicyclic amines) is 1. The highest BCUT2D eigenvalue weighted by atomic mass is 35.5. The van der Waals surface area contributed by atoms with Gasteiger partial charge >= 0.3 is 0 Å². The highest BCUT2D eigenvalue weighted by molar-refractivity contribution is 6.30. The molecule has 0 saturated carbocycles. The van der Waals surface area contributed by atoms with Gasteiger partial charge in [0.15, 0.2) is 6.61 Å². The van der Waals surface area contributed by atoms with Crippen LogP contribution in [0.15, 0.2) is 24.3 Å². The summed E-state index contributed by atoms with van der Waals surface area (Å²) >= 11 is 5.75. The molecule has 1 aromatic carbocycles. The number of carbonyl (C=O) groups excluding carboxylic acids is 1. The van der Waals surface area contributed by atoms with E-state index in [1.807, 2.05) is 0 Å². The van der Waals surface area contributed by atoms with Crippen molar-refractivity contribution in [1.29, 1.82) is 0 Å². The third-order valence-corrected chi connectivity index (χ3v) is 3.33. The maximum atomic E-state index is 11.5. The molecule has 1 N–H and O–H groups in total. The SMILES string of the molecule is O=C(COc1ccc(Cl)cc1)NOCCN1CCCC1. The summed E-state index contributed by atoms with van der Waals surface area (Å²) in [5.41, 5.74) is 2.37. The fraction of sp³-hybridized carbons (Fsp3) is 0.500. The van der Waals surface area contributed by atoms with Crippen molar-refractivity contribution in [3.63, 3.8) is 0 Å². The number of halogens is 1. The van der Waals surface area contributed by atoms with Crippen LogP contribution >= 0.6 is 11.6 Å². The summed E-state index contributed by atoms with van der Waals surface area (Å²) in [6.07, 6.45) is 2.50. The van der Waals surface area contributed by atoms with Crippen molar-refractivity contribution in [2.45, 2.75) is 12.8 Å². The van der Waals surface area contributed by atoms with E-state index in [-0.39, 0.29) is 12.5 Å². The van der Waals surface area contributed by atoms with E-state index in [4.69, 9.17) is 21.2 Å². The van der Waals surface area contributed by atoms with E-state index in [9.17, 15) is 4.79 Å². The van der Waals surface area contributed by atoms with Crippen molar-refractivity contribution in [2.24, 2.45) is 0 Å². The molecule has 6 heteroatoms. The van der Waals surface area contributed by atoms with E-state index in [0.717, 1.165) is 19.6 Å². The number of ether oxygens (including phenoxy) is 1. The average Bonchev–Trinajstić information content (AvgIpc) is 2.96. The predicted molar refractivity (Wildman–Crippen MR) is 76.7 cm³/mol. The topological polar surface area (TPSA) is 50.8 Å². The lowest BCUT2D eigenvalue weighted by Gasteiger charge is -2.14. The summed E-state index contributed by atoms with van der Waals surface area (Å²) < 4.78 is 5.29. The number of nitrogens with zero attached hydrogens (tertiary/aromatic N) is 1. The minimum absolute atomic E-state index is 0.0780. The van der Waals surface area contributed by atoms with Gasteiger partial charge in [-0.1, -0.05) is 11.6 Å². The first kappa shape index (κ1) is 15.1. The molecule has 0 unspecified atom stereocenters. The van der Waals surface area contributed by atoms with Gasteiger partial charge in [-0.15, -0.1) is 0 Å². The third kappa shape index (κ3) is 5.36. The largest absolute Gasteiger partial charge is 0.484 e. The number of hydrogen-bond acceptors (Lipinski definition) is 4. The lowest BCUT2D eigenvalue weighted by atomic mass is 10.3. The van der Waals surface area contributed by atoms with Gasteiger partial charge in [-0.2, -0.15) is 0 Å². The second-order valence-electron chi connectivity index (χ2n) is 4.67. The van der Waals surface area contributed by atoms with Crippen LogP contribution in [0.2, 0.25) is 5.02 Å². The standard InChI is InChI=1S/C14H19ClN2O3/c15-12-3-5-13(6-4-12)19-11-14(18)16-20-10-9-17-7-1-2-8-17/h3-6H,1-2,7-11H2,(H,16,18). The third-order valence-electron chi connectivity index (χ3n) is 3.08. The Balaban J connectivity index is 1.54. The molecule has 0 atom stereocenters. The van der Waals surface area contributed by atoms with Crippen LogP contribution in [0, 0.1) is 0 Å². The first-order valence-corrected chi connectivity index (χ1v) is 7.13. The minimum Gasteiger partial charge on any atom is -0.484 e. The van der Waals surface area contributed by atoms with Crippen molar-refractivity contribution in [1.82, 2.24) is 10.4 Å². The summed E-state index contributed by atoms with van der Waals surface area (Å²) in [6, 6.07) is 6.84. The number of rotatable bonds is 7. The van der Waals surface area contributed by atoms with E-state index >= 15 is 0 Å². The Morgan fingerprint density at radius 1 is 1.25 bits per heavy atom. The maximum absolute atomic E-state index is 11.5. The van der Waals surface area contributed by atoms with Crippen LogP contribution < -0.4 is 10.2 Å². The molecule has 1 fully saturated rings. The molecule has 0 radical (unpaired) electrons. The van der Waals surface area contributed by atoms with Crippen molar-refractivity contribution in [3.8, 4) is 5.75 Å². The Kier molecular flexibility index (Phi) is 6.11. The molecule has 1 aliphatic heterocycles. The second kappa shape index (κ2) is 8.09. The summed E-state index contributed by atoms with van der Waals surface area (Å²) in [6.45, 7) is 3.50. The van der Waals surface area contributed by atoms with Gasteiger partial charge in [0.2, 0.25) is 0 Å². The zero-order chi connectivity index (χ0) is 14.2. The molecule has 1 heterocycles. The second-order valence-corrected chi connectivity index (χ2v) is 5.10. The molecular weight excluding hydrogens is 280 g/mol. The molecule has 110 valence electrons. The van der Waals surface area contributed by atoms with Gasteiger partial charge in [0.25, 0.3) is 5.91 Å². The normalized spacial score (nSPS) is 15.2. The maximum Gasteiger partial charge on any atom is 0.281 e. The molecule has 1 aliphatic rings. The number of amides is 1. The van der Waals surface area contributed by atoms with Gasteiger partial charge in [0.05, 0.1) is 6.61 Å². The molecule has 20 heavy (non-hydrogen) atoms. The van der Waals surface area contributed by atoms with Gasteiger partial charge in [-0.25, -0.2) is 5.48 Å². The smallest absolute Gasteiger partial charge is 0.281 e. The first-order valence-electron chi connectivity index (χ1n) is 6.75. The van der Waals surface area contributed by atoms with Crippen molar-refractivity contribution in [3.05, 3.63) is 29.3 Å². The highest BCUT2D eigenvalue weighted by Crippen LogP contribution is 2.15. The molecular formula is C14H19ClN2O3. The van der Waals surface area contributed by atoms with E-state index in [2.05, 4.69) is 10.4 Å². The Hall–Kier alpha value is -1.30. The summed E-state index contributed by atoms with van der Waals surface area (Å²) in [5, 5.41) is 0.632. The quantitative estimate of drug-likeness (QED) is 0.617. The molecule has 0 spiro atoms. The Bertz CT molecular complexity index is 419. The first-order chi connectivity index (χ1) is 9.74. The number of nitrogens with one attached hydrogen (secondary N) is 1. The average molecular weight is 299 g/mol. The molecule has 0 bridgehead atoms. The van der Waals surface area contributed by atoms with Gasteiger partial charge in [0, 0.05) is 11.6 Å². The molecule has 1 aromatic rings. The Morgan fingerprint density at radius 2 is 1.95 bits per heavy atom. The van der Waals surface area contributed by atoms with E-state index in [1.165, 1.54) is 12.8 Å². The number of benzene rings is 1. The number of hydroxylamine groups is 1. The van der Waals surface area contributed by atoms with E-state index in [0.29, 0.717) is 17.4 Å². The van der Waals surface area contributed by atoms with Crippen LogP contribution in [-0.2, 0) is 9.63 Å². The van der Waals surface area contributed by atoms with E-state index in [1.54, 1.807) is 24.3 Å². The fourth-order valence-corrected chi connectivity index (χ4v) is 2.15. The molecule has 0 aromatic heterocycles. The van der Waals surface area contributed by atoms with Crippen LogP contribution in [-0.4, -0.2) is 43.7 Å². The van der Waals surface area contributed by atoms with Gasteiger partial charge < -0.3 is 9.64 Å². The zero-order valence-corrected chi connectivity index (χ0v) is 12.1. The van der Waals surface area contributed by atoms with Gasteiger partial charge in [0.1, 0.15) is 5.75 Å². The summed E-state index contributed by atoms with van der Waals surface area (Å²) in [5.74, 6) is 0.294. The predicted octanol–water partition coefficient (Wildman–Crippen LogP) is 1.86. The minimum atomic E-state index is -0.304. The van der Waals surface area contributed by atoms with Crippen LogP contribution in [0.4, 0.5) is 0 Å². The van der Waals surface area contributed by atoms with Crippen LogP contribution in [0.5, 0.6) is 5.75 Å². The van der Waals surface area contributed by atoms with E-state index < -0.39 is 0 Å². The molecule has 0 aliphatic carbocycles. The molecule has 1 amide bonds. The highest BCUT2D eigenvalue weighted by Gasteiger charge is 2.10. The van der Waals surface area contributed by atoms with Crippen molar-refractivity contribution < 1.29 is 14.4 Å².